The number of carbonyl (C=O) groups excluding carboxylic acids is 1. The molecule has 0 atom stereocenters. The first-order valence-corrected chi connectivity index (χ1v) is 6.73. The fourth-order valence-electron chi connectivity index (χ4n) is 1.26. The number of hydrogen-bond donors (Lipinski definition) is 1. The number of aliphatic carboxylic acids is 1. The molecule has 0 heterocycles. The molecule has 0 fully saturated rings. The van der Waals surface area contributed by atoms with Crippen LogP contribution in [0, 0.1) is 0 Å². The zero-order valence-corrected chi connectivity index (χ0v) is 12.2. The van der Waals surface area contributed by atoms with Crippen LogP contribution in [0.5, 0.6) is 0 Å². The maximum absolute atomic E-state index is 11.1. The Morgan fingerprint density at radius 2 is 1.59 bits per heavy atom. The van der Waals surface area contributed by atoms with Crippen LogP contribution in [-0.2, 0) is 20.9 Å². The predicted octanol–water partition coefficient (Wildman–Crippen LogP) is 4.37. The molecular formula is C18H26O4. The summed E-state index contributed by atoms with van der Waals surface area (Å²) in [6, 6.07) is 9.64. The van der Waals surface area contributed by atoms with Crippen molar-refractivity contribution in [1.29, 1.82) is 0 Å². The second-order valence-corrected chi connectivity index (χ2v) is 4.19. The summed E-state index contributed by atoms with van der Waals surface area (Å²) in [5.74, 6) is -0.936. The topological polar surface area (TPSA) is 63.6 Å². The van der Waals surface area contributed by atoms with E-state index in [4.69, 9.17) is 9.84 Å². The summed E-state index contributed by atoms with van der Waals surface area (Å²) in [5, 5.41) is 8.00. The summed E-state index contributed by atoms with van der Waals surface area (Å²) in [5.41, 5.74) is 1.01. The van der Waals surface area contributed by atoms with E-state index in [-0.39, 0.29) is 19.8 Å². The first-order chi connectivity index (χ1) is 10.1. The average molecular weight is 306 g/mol. The van der Waals surface area contributed by atoms with Gasteiger partial charge in [-0.3, -0.25) is 9.59 Å². The van der Waals surface area contributed by atoms with Crippen molar-refractivity contribution in [3.8, 4) is 0 Å². The van der Waals surface area contributed by atoms with Gasteiger partial charge in [-0.05, 0) is 18.4 Å². The second-order valence-electron chi connectivity index (χ2n) is 4.19. The van der Waals surface area contributed by atoms with E-state index in [1.807, 2.05) is 30.3 Å². The van der Waals surface area contributed by atoms with Gasteiger partial charge in [0.15, 0.2) is 0 Å². The number of allylic oxidation sites excluding steroid dienone is 2. The van der Waals surface area contributed by atoms with Gasteiger partial charge in [-0.15, -0.1) is 13.2 Å². The lowest BCUT2D eigenvalue weighted by atomic mass is 10.2. The Morgan fingerprint density at radius 3 is 2.05 bits per heavy atom. The molecule has 0 radical (unpaired) electrons. The summed E-state index contributed by atoms with van der Waals surface area (Å²) in [7, 11) is 0. The van der Waals surface area contributed by atoms with Gasteiger partial charge in [0.2, 0.25) is 0 Å². The molecule has 0 amide bonds. The highest BCUT2D eigenvalue weighted by Gasteiger charge is 2.00. The predicted molar refractivity (Wildman–Crippen MR) is 89.5 cm³/mol. The van der Waals surface area contributed by atoms with Crippen molar-refractivity contribution in [2.24, 2.45) is 0 Å². The molecule has 0 bridgehead atoms. The number of rotatable bonds is 8. The molecule has 0 unspecified atom stereocenters. The van der Waals surface area contributed by atoms with E-state index in [9.17, 15) is 9.59 Å². The van der Waals surface area contributed by atoms with Crippen LogP contribution >= 0.6 is 0 Å². The summed E-state index contributed by atoms with van der Waals surface area (Å²) in [4.78, 5) is 20.8. The van der Waals surface area contributed by atoms with Crippen LogP contribution < -0.4 is 0 Å². The van der Waals surface area contributed by atoms with Gasteiger partial charge in [0, 0.05) is 12.8 Å². The van der Waals surface area contributed by atoms with Crippen molar-refractivity contribution in [3.05, 3.63) is 61.2 Å². The van der Waals surface area contributed by atoms with Gasteiger partial charge in [0.1, 0.15) is 6.61 Å². The van der Waals surface area contributed by atoms with E-state index in [0.29, 0.717) is 25.9 Å². The molecular weight excluding hydrogens is 280 g/mol. The number of benzene rings is 1. The minimum atomic E-state index is -0.764. The molecule has 122 valence electrons. The molecule has 0 aliphatic heterocycles. The first-order valence-electron chi connectivity index (χ1n) is 6.73. The third-order valence-corrected chi connectivity index (χ3v) is 2.36. The number of ether oxygens (including phenoxy) is 1. The van der Waals surface area contributed by atoms with Gasteiger partial charge in [-0.1, -0.05) is 49.9 Å². The minimum Gasteiger partial charge on any atom is -0.481 e. The highest BCUT2D eigenvalue weighted by molar-refractivity contribution is 5.69. The smallest absolute Gasteiger partial charge is 0.306 e. The van der Waals surface area contributed by atoms with Gasteiger partial charge in [-0.25, -0.2) is 0 Å². The third kappa shape index (κ3) is 14.1. The molecule has 0 aromatic heterocycles. The molecule has 0 aliphatic carbocycles. The van der Waals surface area contributed by atoms with Crippen molar-refractivity contribution in [3.63, 3.8) is 0 Å². The van der Waals surface area contributed by atoms with E-state index in [1.165, 1.54) is 0 Å². The molecule has 0 spiro atoms. The molecule has 4 heteroatoms. The quantitative estimate of drug-likeness (QED) is 0.572. The van der Waals surface area contributed by atoms with Gasteiger partial charge < -0.3 is 9.84 Å². The lowest BCUT2D eigenvalue weighted by molar-refractivity contribution is -0.144. The summed E-state index contributed by atoms with van der Waals surface area (Å²) in [6.45, 7) is 7.27. The molecule has 1 N–H and O–H groups in total. The zero-order valence-electron chi connectivity index (χ0n) is 12.2. The zero-order chi connectivity index (χ0) is 15.9. The van der Waals surface area contributed by atoms with Gasteiger partial charge in [-0.2, -0.15) is 0 Å². The molecule has 1 aromatic carbocycles. The fraction of sp³-hybridized carbons (Fsp3) is 0.333. The van der Waals surface area contributed by atoms with Crippen molar-refractivity contribution in [1.82, 2.24) is 0 Å². The summed E-state index contributed by atoms with van der Waals surface area (Å²) in [6.07, 6.45) is 5.15. The van der Waals surface area contributed by atoms with Crippen LogP contribution in [0.2, 0.25) is 0 Å². The number of carboxylic acids is 1. The number of carboxylic acid groups (broad SMARTS) is 1. The van der Waals surface area contributed by atoms with Crippen LogP contribution in [0.25, 0.3) is 0 Å². The standard InChI is InChI=1S/C12H14O2.C5H8O2.CH4/c1-2-3-9-12(13)14-10-11-7-5-4-6-8-11;1-2-3-4-5(6)7;/h2,4-8H,1,3,9-10H2;2H,1,3-4H2,(H,6,7);1H4. The van der Waals surface area contributed by atoms with Crippen molar-refractivity contribution >= 4 is 11.9 Å². The summed E-state index contributed by atoms with van der Waals surface area (Å²) < 4.78 is 5.04. The van der Waals surface area contributed by atoms with Crippen LogP contribution in [0.15, 0.2) is 55.6 Å². The molecule has 1 aromatic rings. The number of hydrogen-bond acceptors (Lipinski definition) is 3. The second kappa shape index (κ2) is 15.0. The Hall–Kier alpha value is -2.36. The summed E-state index contributed by atoms with van der Waals surface area (Å²) >= 11 is 0. The Labute approximate surface area is 133 Å². The Bertz CT molecular complexity index is 438. The molecule has 0 saturated carbocycles. The van der Waals surface area contributed by atoms with Crippen molar-refractivity contribution in [2.75, 3.05) is 0 Å². The van der Waals surface area contributed by atoms with Gasteiger partial charge >= 0.3 is 11.9 Å². The minimum absolute atomic E-state index is 0. The normalized spacial score (nSPS) is 8.55. The highest BCUT2D eigenvalue weighted by atomic mass is 16.5. The Balaban J connectivity index is 0. The Kier molecular flexibility index (Phi) is 15.0. The lowest BCUT2D eigenvalue weighted by Crippen LogP contribution is -2.03. The maximum Gasteiger partial charge on any atom is 0.306 e. The average Bonchev–Trinajstić information content (AvgIpc) is 2.50. The van der Waals surface area contributed by atoms with Gasteiger partial charge in [0.25, 0.3) is 0 Å². The van der Waals surface area contributed by atoms with E-state index in [2.05, 4.69) is 13.2 Å². The van der Waals surface area contributed by atoms with Crippen LogP contribution in [-0.4, -0.2) is 17.0 Å². The number of carbonyl (C=O) groups is 2. The highest BCUT2D eigenvalue weighted by Crippen LogP contribution is 2.02. The Morgan fingerprint density at radius 1 is 1.05 bits per heavy atom. The molecule has 4 nitrogen and oxygen atoms in total. The monoisotopic (exact) mass is 306 g/mol. The van der Waals surface area contributed by atoms with Crippen molar-refractivity contribution < 1.29 is 19.4 Å². The maximum atomic E-state index is 11.1. The molecule has 1 rings (SSSR count). The third-order valence-electron chi connectivity index (χ3n) is 2.36. The van der Waals surface area contributed by atoms with E-state index in [0.717, 1.165) is 5.56 Å². The van der Waals surface area contributed by atoms with Crippen LogP contribution in [0.4, 0.5) is 0 Å². The SMILES string of the molecule is C.C=CCCC(=O)O.C=CCCC(=O)OCc1ccccc1. The van der Waals surface area contributed by atoms with E-state index >= 15 is 0 Å². The first kappa shape index (κ1) is 21.9. The van der Waals surface area contributed by atoms with Crippen molar-refractivity contribution in [2.45, 2.75) is 39.7 Å². The molecule has 22 heavy (non-hydrogen) atoms. The van der Waals surface area contributed by atoms with E-state index in [1.54, 1.807) is 12.2 Å². The largest absolute Gasteiger partial charge is 0.481 e. The van der Waals surface area contributed by atoms with Crippen LogP contribution in [0.1, 0.15) is 38.7 Å². The van der Waals surface area contributed by atoms with Gasteiger partial charge in [0.05, 0.1) is 0 Å². The van der Waals surface area contributed by atoms with E-state index < -0.39 is 5.97 Å². The fourth-order valence-corrected chi connectivity index (χ4v) is 1.26. The lowest BCUT2D eigenvalue weighted by Gasteiger charge is -2.03. The molecule has 0 saturated heterocycles. The molecule has 0 aliphatic rings. The number of esters is 1. The van der Waals surface area contributed by atoms with Crippen LogP contribution in [0.3, 0.4) is 0 Å².